The van der Waals surface area contributed by atoms with Gasteiger partial charge in [-0.1, -0.05) is 84.9 Å². The molecule has 5 aromatic rings. The smallest absolute Gasteiger partial charge is 0.342 e. The second kappa shape index (κ2) is 7.04. The lowest BCUT2D eigenvalue weighted by molar-refractivity contribution is 0.0604. The number of pyridine rings is 1. The minimum absolute atomic E-state index is 0.309. The number of hydrogen-bond acceptors (Lipinski definition) is 4. The first kappa shape index (κ1) is 17.9. The number of hydrogen-bond donors (Lipinski definition) is 1. The van der Waals surface area contributed by atoms with Gasteiger partial charge in [0.05, 0.1) is 18.5 Å². The molecule has 5 heteroatoms. The molecule has 2 N–H and O–H groups in total. The minimum Gasteiger partial charge on any atom is -0.465 e. The van der Waals surface area contributed by atoms with Crippen molar-refractivity contribution in [3.63, 3.8) is 0 Å². The molecule has 3 aromatic carbocycles. The number of ether oxygens (including phenoxy) is 1. The van der Waals surface area contributed by atoms with Gasteiger partial charge < -0.3 is 10.5 Å². The highest BCUT2D eigenvalue weighted by Gasteiger charge is 2.25. The first-order valence-corrected chi connectivity index (χ1v) is 9.62. The van der Waals surface area contributed by atoms with E-state index in [4.69, 9.17) is 15.5 Å². The van der Waals surface area contributed by atoms with E-state index in [-0.39, 0.29) is 0 Å². The molecule has 0 saturated heterocycles. The van der Waals surface area contributed by atoms with E-state index in [0.717, 1.165) is 33.3 Å². The van der Waals surface area contributed by atoms with Gasteiger partial charge in [-0.2, -0.15) is 0 Å². The summed E-state index contributed by atoms with van der Waals surface area (Å²) in [6.07, 6.45) is 0. The number of nitrogens with zero attached hydrogens (tertiary/aromatic N) is 2. The van der Waals surface area contributed by atoms with Gasteiger partial charge in [0.25, 0.3) is 0 Å². The molecule has 0 fully saturated rings. The van der Waals surface area contributed by atoms with Crippen LogP contribution in [0.3, 0.4) is 0 Å². The minimum atomic E-state index is -0.473. The van der Waals surface area contributed by atoms with Crippen LogP contribution in [0.15, 0.2) is 84.9 Å². The summed E-state index contributed by atoms with van der Waals surface area (Å²) in [6.45, 7) is 0. The quantitative estimate of drug-likeness (QED) is 0.428. The van der Waals surface area contributed by atoms with Crippen molar-refractivity contribution >= 4 is 28.2 Å². The van der Waals surface area contributed by atoms with E-state index >= 15 is 0 Å². The third kappa shape index (κ3) is 2.63. The molecule has 0 bridgehead atoms. The molecular weight excluding hydrogens is 374 g/mol. The topological polar surface area (TPSA) is 69.6 Å². The zero-order valence-electron chi connectivity index (χ0n) is 16.4. The van der Waals surface area contributed by atoms with Gasteiger partial charge >= 0.3 is 5.97 Å². The lowest BCUT2D eigenvalue weighted by atomic mass is 10.0. The van der Waals surface area contributed by atoms with Gasteiger partial charge in [0.15, 0.2) is 0 Å². The summed E-state index contributed by atoms with van der Waals surface area (Å²) in [5, 5.41) is 1.56. The van der Waals surface area contributed by atoms with Gasteiger partial charge in [-0.15, -0.1) is 0 Å². The van der Waals surface area contributed by atoms with Gasteiger partial charge in [0, 0.05) is 21.9 Å². The van der Waals surface area contributed by atoms with E-state index in [1.807, 2.05) is 89.3 Å². The predicted octanol–water partition coefficient (Wildman–Crippen LogP) is 5.19. The molecule has 0 aliphatic rings. The molecule has 0 radical (unpaired) electrons. The van der Waals surface area contributed by atoms with Crippen LogP contribution < -0.4 is 5.73 Å². The van der Waals surface area contributed by atoms with E-state index in [1.165, 1.54) is 7.11 Å². The Morgan fingerprint density at radius 1 is 0.833 bits per heavy atom. The number of benzene rings is 3. The Balaban J connectivity index is 2.01. The van der Waals surface area contributed by atoms with Crippen molar-refractivity contribution in [1.82, 2.24) is 9.38 Å². The van der Waals surface area contributed by atoms with Crippen molar-refractivity contribution in [3.05, 3.63) is 90.5 Å². The fraction of sp³-hybridized carbons (Fsp3) is 0.0400. The number of methoxy groups -OCH3 is 1. The fourth-order valence-corrected chi connectivity index (χ4v) is 3.96. The van der Waals surface area contributed by atoms with Crippen LogP contribution in [0, 0.1) is 0 Å². The monoisotopic (exact) mass is 393 g/mol. The maximum absolute atomic E-state index is 12.7. The summed E-state index contributed by atoms with van der Waals surface area (Å²) < 4.78 is 6.93. The molecule has 0 unspecified atom stereocenters. The van der Waals surface area contributed by atoms with Crippen molar-refractivity contribution in [1.29, 1.82) is 0 Å². The van der Waals surface area contributed by atoms with E-state index in [0.29, 0.717) is 17.0 Å². The average molecular weight is 393 g/mol. The molecule has 5 nitrogen and oxygen atoms in total. The van der Waals surface area contributed by atoms with Gasteiger partial charge in [-0.3, -0.25) is 4.40 Å². The Kier molecular flexibility index (Phi) is 4.21. The molecule has 2 heterocycles. The number of nitrogens with two attached hydrogens (primary N) is 1. The summed E-state index contributed by atoms with van der Waals surface area (Å²) in [6, 6.07) is 27.6. The highest BCUT2D eigenvalue weighted by Crippen LogP contribution is 2.38. The highest BCUT2D eigenvalue weighted by atomic mass is 16.5. The molecule has 30 heavy (non-hydrogen) atoms. The fourth-order valence-electron chi connectivity index (χ4n) is 3.96. The van der Waals surface area contributed by atoms with Crippen molar-refractivity contribution in [2.24, 2.45) is 0 Å². The maximum Gasteiger partial charge on any atom is 0.342 e. The first-order chi connectivity index (χ1) is 14.7. The number of aromatic nitrogens is 2. The summed E-state index contributed by atoms with van der Waals surface area (Å²) in [7, 11) is 1.36. The van der Waals surface area contributed by atoms with E-state index < -0.39 is 5.97 Å². The van der Waals surface area contributed by atoms with Crippen LogP contribution >= 0.6 is 0 Å². The van der Waals surface area contributed by atoms with Crippen molar-refractivity contribution < 1.29 is 9.53 Å². The van der Waals surface area contributed by atoms with Crippen LogP contribution in [0.25, 0.3) is 38.9 Å². The van der Waals surface area contributed by atoms with Crippen molar-refractivity contribution in [3.8, 4) is 22.5 Å². The number of esters is 1. The standard InChI is InChI=1S/C25H19N3O2/c1-30-25(29)20-18-14-8-9-15-19(18)24-27-21(16-10-4-2-5-11-16)22(28(24)23(20)26)17-12-6-3-7-13-17/h2-15H,26H2,1H3. The number of imidazole rings is 1. The lowest BCUT2D eigenvalue weighted by Gasteiger charge is -2.14. The van der Waals surface area contributed by atoms with Gasteiger partial charge in [0.2, 0.25) is 0 Å². The molecule has 0 amide bonds. The zero-order chi connectivity index (χ0) is 20.7. The number of anilines is 1. The summed E-state index contributed by atoms with van der Waals surface area (Å²) in [5.74, 6) is -0.163. The number of carbonyl (C=O) groups excluding carboxylic acids is 1. The van der Waals surface area contributed by atoms with E-state index in [1.54, 1.807) is 0 Å². The van der Waals surface area contributed by atoms with Crippen molar-refractivity contribution in [2.75, 3.05) is 12.8 Å². The average Bonchev–Trinajstić information content (AvgIpc) is 3.21. The third-order valence-corrected chi connectivity index (χ3v) is 5.30. The lowest BCUT2D eigenvalue weighted by Crippen LogP contribution is -2.11. The summed E-state index contributed by atoms with van der Waals surface area (Å²) in [5.41, 5.74) is 11.2. The number of fused-ring (bicyclic) bond motifs is 3. The van der Waals surface area contributed by atoms with Crippen LogP contribution in [0.2, 0.25) is 0 Å². The van der Waals surface area contributed by atoms with Gasteiger partial charge in [-0.25, -0.2) is 9.78 Å². The Morgan fingerprint density at radius 3 is 2.03 bits per heavy atom. The molecule has 146 valence electrons. The van der Waals surface area contributed by atoms with Crippen LogP contribution in [-0.4, -0.2) is 22.5 Å². The molecule has 0 saturated carbocycles. The molecule has 0 aliphatic carbocycles. The molecule has 2 aromatic heterocycles. The second-order valence-electron chi connectivity index (χ2n) is 7.00. The number of nitrogen functional groups attached to an aromatic ring is 1. The number of carbonyl (C=O) groups is 1. The predicted molar refractivity (Wildman–Crippen MR) is 119 cm³/mol. The van der Waals surface area contributed by atoms with E-state index in [9.17, 15) is 4.79 Å². The molecule has 0 atom stereocenters. The van der Waals surface area contributed by atoms with Crippen LogP contribution in [0.5, 0.6) is 0 Å². The molecule has 0 aliphatic heterocycles. The maximum atomic E-state index is 12.7. The van der Waals surface area contributed by atoms with Gasteiger partial charge in [0.1, 0.15) is 17.0 Å². The van der Waals surface area contributed by atoms with Crippen LogP contribution in [0.1, 0.15) is 10.4 Å². The first-order valence-electron chi connectivity index (χ1n) is 9.62. The van der Waals surface area contributed by atoms with E-state index in [2.05, 4.69) is 0 Å². The summed E-state index contributed by atoms with van der Waals surface area (Å²) >= 11 is 0. The summed E-state index contributed by atoms with van der Waals surface area (Å²) in [4.78, 5) is 17.7. The number of rotatable bonds is 3. The zero-order valence-corrected chi connectivity index (χ0v) is 16.4. The van der Waals surface area contributed by atoms with Crippen molar-refractivity contribution in [2.45, 2.75) is 0 Å². The van der Waals surface area contributed by atoms with Gasteiger partial charge in [-0.05, 0) is 0 Å². The Bertz CT molecular complexity index is 1390. The highest BCUT2D eigenvalue weighted by molar-refractivity contribution is 6.13. The Hall–Kier alpha value is -4.12. The Morgan fingerprint density at radius 2 is 1.40 bits per heavy atom. The van der Waals surface area contributed by atoms with Crippen LogP contribution in [0.4, 0.5) is 5.82 Å². The Labute approximate surface area is 173 Å². The normalized spacial score (nSPS) is 11.1. The largest absolute Gasteiger partial charge is 0.465 e. The van der Waals surface area contributed by atoms with Crippen LogP contribution in [-0.2, 0) is 4.74 Å². The molecule has 5 rings (SSSR count). The third-order valence-electron chi connectivity index (χ3n) is 5.30. The molecule has 0 spiro atoms. The molecular formula is C25H19N3O2. The SMILES string of the molecule is COC(=O)c1c(N)n2c(-c3ccccc3)c(-c3ccccc3)nc2c2ccccc12. The second-order valence-corrected chi connectivity index (χ2v) is 7.00.